The number of carbonyl (C=O) groups excluding carboxylic acids is 2. The minimum absolute atomic E-state index is 0. The summed E-state index contributed by atoms with van der Waals surface area (Å²) < 4.78 is 1.60. The number of thiazole rings is 1. The van der Waals surface area contributed by atoms with Gasteiger partial charge in [-0.15, -0.1) is 11.3 Å². The van der Waals surface area contributed by atoms with Gasteiger partial charge in [0.15, 0.2) is 10.7 Å². The Labute approximate surface area is 211 Å². The third kappa shape index (κ3) is 7.85. The number of fused-ring (bicyclic) bond motifs is 1. The van der Waals surface area contributed by atoms with Crippen LogP contribution in [-0.4, -0.2) is 41.4 Å². The maximum absolute atomic E-state index is 12.5. The number of ketones is 1. The topological polar surface area (TPSA) is 142 Å². The third-order valence-corrected chi connectivity index (χ3v) is 3.84. The number of rotatable bonds is 3. The first kappa shape index (κ1) is 31.8. The van der Waals surface area contributed by atoms with Gasteiger partial charge in [0.1, 0.15) is 19.6 Å². The van der Waals surface area contributed by atoms with Crippen LogP contribution in [0.1, 0.15) is 21.1 Å². The molecule has 0 atom stereocenters. The van der Waals surface area contributed by atoms with Gasteiger partial charge in [0.05, 0.1) is 11.1 Å². The molecule has 138 valence electrons. The van der Waals surface area contributed by atoms with Crippen LogP contribution in [0.15, 0.2) is 35.8 Å². The number of aromatic nitrogens is 2. The number of nitriles is 1. The fraction of sp³-hybridized carbons (Fsp3) is 0.176. The Balaban J connectivity index is -0.000000716. The second-order valence-electron chi connectivity index (χ2n) is 4.15. The normalized spacial score (nSPS) is 8.14. The number of aliphatic hydroxyl groups excluding tert-OH is 1. The molecule has 2 heterocycles. The van der Waals surface area contributed by atoms with Crippen LogP contribution in [0.25, 0.3) is 10.9 Å². The fourth-order valence-electron chi connectivity index (χ4n) is 2.09. The van der Waals surface area contributed by atoms with Crippen molar-refractivity contribution in [3.05, 3.63) is 52.1 Å². The smallest absolute Gasteiger partial charge is 0.857 e. The first-order chi connectivity index (χ1) is 12.7. The van der Waals surface area contributed by atoms with E-state index in [0.29, 0.717) is 5.56 Å². The van der Waals surface area contributed by atoms with Crippen molar-refractivity contribution in [2.75, 3.05) is 14.2 Å². The summed E-state index contributed by atoms with van der Waals surface area (Å²) in [5, 5.41) is 37.2. The van der Waals surface area contributed by atoms with E-state index in [9.17, 15) is 9.90 Å². The van der Waals surface area contributed by atoms with Crippen molar-refractivity contribution in [3.8, 4) is 6.07 Å². The summed E-state index contributed by atoms with van der Waals surface area (Å²) in [6, 6.07) is 9.26. The number of benzene rings is 1. The van der Waals surface area contributed by atoms with Gasteiger partial charge in [-0.05, 0) is 6.07 Å². The van der Waals surface area contributed by atoms with E-state index in [1.54, 1.807) is 16.1 Å². The second kappa shape index (κ2) is 18.1. The first-order valence-corrected chi connectivity index (χ1v) is 7.82. The number of aliphatic hydroxyl groups is 1. The molecule has 0 fully saturated rings. The van der Waals surface area contributed by atoms with Crippen molar-refractivity contribution >= 4 is 34.8 Å². The van der Waals surface area contributed by atoms with E-state index in [0.717, 1.165) is 36.5 Å². The largest absolute Gasteiger partial charge is 1.00 e. The zero-order valence-corrected chi connectivity index (χ0v) is 21.0. The molecule has 0 radical (unpaired) electrons. The number of nitrogens with zero attached hydrogens (tertiary/aromatic N) is 3. The van der Waals surface area contributed by atoms with Gasteiger partial charge in [-0.3, -0.25) is 4.79 Å². The second-order valence-corrected chi connectivity index (χ2v) is 5.01. The molecule has 0 bridgehead atoms. The van der Waals surface area contributed by atoms with Gasteiger partial charge in [0, 0.05) is 17.0 Å². The van der Waals surface area contributed by atoms with E-state index in [2.05, 4.69) is 4.98 Å². The van der Waals surface area contributed by atoms with Crippen molar-refractivity contribution in [2.45, 2.75) is 6.73 Å². The number of hydrogen-bond donors (Lipinski definition) is 1. The van der Waals surface area contributed by atoms with Crippen LogP contribution in [0.3, 0.4) is 0 Å². The minimum Gasteiger partial charge on any atom is -0.857 e. The number of para-hydroxylation sites is 1. The zero-order chi connectivity index (χ0) is 20.1. The molecule has 0 saturated heterocycles. The molecule has 2 aromatic heterocycles. The molecule has 8 nitrogen and oxygen atoms in total. The third-order valence-electron chi connectivity index (χ3n) is 3.00. The van der Waals surface area contributed by atoms with E-state index < -0.39 is 0 Å². The van der Waals surface area contributed by atoms with E-state index in [1.807, 2.05) is 37.1 Å². The average Bonchev–Trinajstić information content (AvgIpc) is 3.37. The van der Waals surface area contributed by atoms with E-state index in [4.69, 9.17) is 20.3 Å². The van der Waals surface area contributed by atoms with Crippen molar-refractivity contribution < 1.29 is 84.0 Å². The Bertz CT molecular complexity index is 877. The van der Waals surface area contributed by atoms with Crippen LogP contribution in [0, 0.1) is 11.3 Å². The molecule has 11 heteroatoms. The van der Waals surface area contributed by atoms with E-state index in [-0.39, 0.29) is 82.3 Å². The monoisotopic (exact) mass is 421 g/mol. The summed E-state index contributed by atoms with van der Waals surface area (Å²) in [5.41, 5.74) is 1.51. The summed E-state index contributed by atoms with van der Waals surface area (Å²) in [7, 11) is 1.50. The molecule has 0 amide bonds. The summed E-state index contributed by atoms with van der Waals surface area (Å²) in [6.07, 6.45) is 1.61. The van der Waals surface area contributed by atoms with Gasteiger partial charge in [-0.1, -0.05) is 18.2 Å². The van der Waals surface area contributed by atoms with Crippen LogP contribution in [0.2, 0.25) is 0 Å². The quantitative estimate of drug-likeness (QED) is 0.328. The maximum atomic E-state index is 12.5. The van der Waals surface area contributed by atoms with Gasteiger partial charge in [-0.2, -0.15) is 19.5 Å². The minimum atomic E-state index is -0.236. The summed E-state index contributed by atoms with van der Waals surface area (Å²) in [5.74, 6) is -0.236. The van der Waals surface area contributed by atoms with Gasteiger partial charge in [-0.25, -0.2) is 4.98 Å². The molecule has 3 rings (SSSR count). The molecule has 0 saturated carbocycles. The molecule has 0 aliphatic heterocycles. The molecule has 3 aromatic rings. The summed E-state index contributed by atoms with van der Waals surface area (Å²) in [6.45, 7) is 1.80. The maximum Gasteiger partial charge on any atom is 1.00 e. The van der Waals surface area contributed by atoms with Gasteiger partial charge in [0.2, 0.25) is 5.78 Å². The molecule has 0 unspecified atom stereocenters. The molecule has 0 aliphatic rings. The number of hydrogen-bond acceptors (Lipinski definition) is 8. The SMILES string of the molecule is C=O.C[O-].C[O-].N#Cc1csc(C(=O)c2cn(CO)c3ccccc23)n1.[Na+].[Na+]. The van der Waals surface area contributed by atoms with Crippen molar-refractivity contribution in [2.24, 2.45) is 0 Å². The van der Waals surface area contributed by atoms with E-state index >= 15 is 0 Å². The molecule has 28 heavy (non-hydrogen) atoms. The fourth-order valence-corrected chi connectivity index (χ4v) is 2.79. The Hall–Kier alpha value is -0.900. The Morgan fingerprint density at radius 3 is 2.32 bits per heavy atom. The van der Waals surface area contributed by atoms with Crippen LogP contribution < -0.4 is 69.3 Å². The van der Waals surface area contributed by atoms with Gasteiger partial charge >= 0.3 is 59.1 Å². The molecular formula is C17H17N3Na2O5S. The van der Waals surface area contributed by atoms with Crippen molar-refractivity contribution in [3.63, 3.8) is 0 Å². The predicted octanol–water partition coefficient (Wildman–Crippen LogP) is -6.07. The van der Waals surface area contributed by atoms with Crippen LogP contribution in [-0.2, 0) is 11.5 Å². The van der Waals surface area contributed by atoms with Crippen molar-refractivity contribution in [1.29, 1.82) is 5.26 Å². The van der Waals surface area contributed by atoms with Crippen LogP contribution in [0.5, 0.6) is 0 Å². The zero-order valence-electron chi connectivity index (χ0n) is 16.2. The molecule has 0 spiro atoms. The van der Waals surface area contributed by atoms with Crippen molar-refractivity contribution in [1.82, 2.24) is 9.55 Å². The Morgan fingerprint density at radius 1 is 1.25 bits per heavy atom. The van der Waals surface area contributed by atoms with Crippen LogP contribution >= 0.6 is 11.3 Å². The molecule has 1 N–H and O–H groups in total. The van der Waals surface area contributed by atoms with Crippen LogP contribution in [0.4, 0.5) is 0 Å². The molecule has 0 aliphatic carbocycles. The summed E-state index contributed by atoms with van der Waals surface area (Å²) >= 11 is 1.15. The summed E-state index contributed by atoms with van der Waals surface area (Å²) in [4.78, 5) is 24.4. The van der Waals surface area contributed by atoms with E-state index in [1.165, 1.54) is 0 Å². The predicted molar refractivity (Wildman–Crippen MR) is 93.4 cm³/mol. The van der Waals surface area contributed by atoms with Gasteiger partial charge in [0.25, 0.3) is 0 Å². The Kier molecular flexibility index (Phi) is 20.6. The standard InChI is InChI=1S/C14H9N3O2S.2CH3O.CH2O.2Na/c15-5-9-7-20-14(16-9)13(19)11-6-17(8-18)12-4-2-1-3-10(11)12;3*1-2;;/h1-4,6-7,18H,8H2;2*1H3;1H2;;/q;2*-1;;2*+1. The average molecular weight is 421 g/mol. The first-order valence-electron chi connectivity index (χ1n) is 6.94. The molecular weight excluding hydrogens is 404 g/mol. The molecule has 1 aromatic carbocycles. The Morgan fingerprint density at radius 2 is 1.82 bits per heavy atom. The number of carbonyl (C=O) groups is 2. The van der Waals surface area contributed by atoms with Gasteiger partial charge < -0.3 is 24.7 Å².